The van der Waals surface area contributed by atoms with Crippen LogP contribution in [-0.2, 0) is 9.53 Å². The largest absolute Gasteiger partial charge is 0.389 e. The molecule has 4 heterocycles. The summed E-state index contributed by atoms with van der Waals surface area (Å²) in [6.07, 6.45) is 4.76. The van der Waals surface area contributed by atoms with E-state index in [0.717, 1.165) is 51.5 Å². The van der Waals surface area contributed by atoms with Crippen LogP contribution < -0.4 is 10.6 Å². The summed E-state index contributed by atoms with van der Waals surface area (Å²) in [5, 5.41) is 26.5. The fraction of sp³-hybridized carbons (Fsp3) is 0.964. The van der Waals surface area contributed by atoms with Crippen LogP contribution in [0.4, 0.5) is 4.39 Å². The molecule has 5 rings (SSSR count). The van der Waals surface area contributed by atoms with Crippen LogP contribution in [0.1, 0.15) is 51.4 Å². The van der Waals surface area contributed by atoms with Crippen molar-refractivity contribution in [2.45, 2.75) is 87.5 Å². The summed E-state index contributed by atoms with van der Waals surface area (Å²) in [7, 11) is 0. The highest BCUT2D eigenvalue weighted by Gasteiger charge is 2.38. The van der Waals surface area contributed by atoms with Crippen LogP contribution in [0, 0.1) is 17.8 Å². The molecule has 5 atom stereocenters. The number of β-amino-alcohol motifs (C(OH)–C–C–N with tert-alkyl or cyclic N) is 2. The van der Waals surface area contributed by atoms with E-state index in [0.29, 0.717) is 58.0 Å². The minimum atomic E-state index is -0.974. The molecule has 4 N–H and O–H groups in total. The smallest absolute Gasteiger partial charge is 0.222 e. The van der Waals surface area contributed by atoms with E-state index in [1.165, 1.54) is 19.3 Å². The number of aliphatic hydroxyl groups excluding tert-OH is 2. The molecule has 3 unspecified atom stereocenters. The number of piperidine rings is 1. The number of aliphatic hydroxyl groups is 2. The number of alkyl halides is 2. The number of rotatable bonds is 10. The van der Waals surface area contributed by atoms with Gasteiger partial charge in [0.05, 0.1) is 23.7 Å². The van der Waals surface area contributed by atoms with Crippen LogP contribution in [0.3, 0.4) is 0 Å². The highest BCUT2D eigenvalue weighted by atomic mass is 35.5. The van der Waals surface area contributed by atoms with E-state index in [-0.39, 0.29) is 29.6 Å². The Morgan fingerprint density at radius 1 is 0.974 bits per heavy atom. The van der Waals surface area contributed by atoms with Crippen molar-refractivity contribution in [2.24, 2.45) is 17.8 Å². The number of nitrogens with zero attached hydrogens (tertiary/aromatic N) is 3. The Morgan fingerprint density at radius 2 is 1.67 bits per heavy atom. The number of nitrogens with one attached hydrogen (secondary N) is 2. The number of halogens is 2. The van der Waals surface area contributed by atoms with Gasteiger partial charge in [0.15, 0.2) is 0 Å². The average molecular weight is 574 g/mol. The average Bonchev–Trinajstić information content (AvgIpc) is 3.22. The van der Waals surface area contributed by atoms with E-state index in [9.17, 15) is 19.4 Å². The summed E-state index contributed by atoms with van der Waals surface area (Å²) < 4.78 is 21.0. The molecule has 0 aromatic carbocycles. The van der Waals surface area contributed by atoms with Gasteiger partial charge in [-0.05, 0) is 50.4 Å². The Balaban J connectivity index is 0.898. The first-order chi connectivity index (χ1) is 18.8. The quantitative estimate of drug-likeness (QED) is 0.227. The van der Waals surface area contributed by atoms with Gasteiger partial charge in [0.25, 0.3) is 0 Å². The molecule has 1 amide bonds. The van der Waals surface area contributed by atoms with E-state index in [4.69, 9.17) is 16.3 Å². The van der Waals surface area contributed by atoms with Gasteiger partial charge in [0.2, 0.25) is 5.91 Å². The molecule has 4 saturated heterocycles. The number of carbonyl (C=O) groups excluding carboxylic acids is 1. The van der Waals surface area contributed by atoms with Gasteiger partial charge in [-0.3, -0.25) is 25.2 Å². The lowest BCUT2D eigenvalue weighted by atomic mass is 9.83. The van der Waals surface area contributed by atoms with Crippen LogP contribution in [0.5, 0.6) is 0 Å². The molecule has 9 nitrogen and oxygen atoms in total. The minimum absolute atomic E-state index is 0.0260. The normalized spacial score (nSPS) is 37.7. The standard InChI is InChI=1S/C28H49ClFN5O4/c29-22-12-31-28(32-13-22)34-7-5-19(6-8-34)2-1-9-39-23-4-3-21(24(30)11-23)10-27(38)35-15-20(16-35)14-33-17-25(36)26(37)18-33/h19-26,28,31-32,36-37H,1-18H2/t21?,22?,23?,24?,25-,26-,28?/m1/s1. The second-order valence-corrected chi connectivity index (χ2v) is 13.4. The predicted octanol–water partition coefficient (Wildman–Crippen LogP) is 0.972. The minimum Gasteiger partial charge on any atom is -0.389 e. The molecule has 0 aromatic heterocycles. The van der Waals surface area contributed by atoms with Gasteiger partial charge in [0, 0.05) is 84.3 Å². The number of carbonyl (C=O) groups is 1. The molecular weight excluding hydrogens is 525 g/mol. The van der Waals surface area contributed by atoms with Crippen molar-refractivity contribution < 1.29 is 24.1 Å². The van der Waals surface area contributed by atoms with Crippen molar-refractivity contribution >= 4 is 17.5 Å². The van der Waals surface area contributed by atoms with Crippen molar-refractivity contribution in [2.75, 3.05) is 65.5 Å². The van der Waals surface area contributed by atoms with Crippen LogP contribution in [0.25, 0.3) is 0 Å². The Kier molecular flexibility index (Phi) is 10.8. The maximum Gasteiger partial charge on any atom is 0.222 e. The second kappa shape index (κ2) is 14.1. The van der Waals surface area contributed by atoms with Crippen LogP contribution in [-0.4, -0.2) is 132 Å². The Hall–Kier alpha value is -0.590. The lowest BCUT2D eigenvalue weighted by Crippen LogP contribution is -2.62. The molecule has 0 spiro atoms. The molecule has 11 heteroatoms. The first kappa shape index (κ1) is 29.9. The summed E-state index contributed by atoms with van der Waals surface area (Å²) in [6, 6.07) is 0. The third-order valence-corrected chi connectivity index (χ3v) is 9.96. The van der Waals surface area contributed by atoms with Crippen molar-refractivity contribution in [1.82, 2.24) is 25.3 Å². The van der Waals surface area contributed by atoms with E-state index in [2.05, 4.69) is 20.4 Å². The van der Waals surface area contributed by atoms with E-state index >= 15 is 0 Å². The highest BCUT2D eigenvalue weighted by Crippen LogP contribution is 2.33. The number of hydrogen-bond acceptors (Lipinski definition) is 8. The zero-order valence-electron chi connectivity index (χ0n) is 23.2. The molecule has 1 saturated carbocycles. The van der Waals surface area contributed by atoms with Gasteiger partial charge < -0.3 is 19.8 Å². The van der Waals surface area contributed by atoms with Gasteiger partial charge in [-0.2, -0.15) is 0 Å². The van der Waals surface area contributed by atoms with Gasteiger partial charge in [0.1, 0.15) is 12.5 Å². The molecular formula is C28H49ClFN5O4. The first-order valence-corrected chi connectivity index (χ1v) is 15.7. The van der Waals surface area contributed by atoms with Crippen molar-refractivity contribution in [3.8, 4) is 0 Å². The monoisotopic (exact) mass is 573 g/mol. The molecule has 39 heavy (non-hydrogen) atoms. The Morgan fingerprint density at radius 3 is 2.33 bits per heavy atom. The lowest BCUT2D eigenvalue weighted by Gasteiger charge is -2.42. The van der Waals surface area contributed by atoms with E-state index in [1.54, 1.807) is 0 Å². The first-order valence-electron chi connectivity index (χ1n) is 15.3. The third kappa shape index (κ3) is 8.25. The fourth-order valence-electron chi connectivity index (χ4n) is 7.13. The van der Waals surface area contributed by atoms with E-state index in [1.807, 2.05) is 4.90 Å². The van der Waals surface area contributed by atoms with Crippen molar-refractivity contribution in [1.29, 1.82) is 0 Å². The van der Waals surface area contributed by atoms with Gasteiger partial charge in [-0.25, -0.2) is 4.39 Å². The van der Waals surface area contributed by atoms with Gasteiger partial charge >= 0.3 is 0 Å². The molecule has 0 aromatic rings. The summed E-state index contributed by atoms with van der Waals surface area (Å²) in [5.74, 6) is 0.965. The topological polar surface area (TPSA) is 101 Å². The lowest BCUT2D eigenvalue weighted by molar-refractivity contribution is -0.140. The summed E-state index contributed by atoms with van der Waals surface area (Å²) >= 11 is 6.15. The maximum absolute atomic E-state index is 14.9. The molecule has 224 valence electrons. The fourth-order valence-corrected chi connectivity index (χ4v) is 7.31. The Bertz CT molecular complexity index is 769. The maximum atomic E-state index is 14.9. The second-order valence-electron chi connectivity index (χ2n) is 12.7. The number of hydrogen-bond donors (Lipinski definition) is 4. The van der Waals surface area contributed by atoms with Gasteiger partial charge in [-0.1, -0.05) is 0 Å². The molecule has 0 bridgehead atoms. The third-order valence-electron chi connectivity index (χ3n) is 9.65. The van der Waals surface area contributed by atoms with Crippen molar-refractivity contribution in [3.63, 3.8) is 0 Å². The zero-order valence-corrected chi connectivity index (χ0v) is 24.0. The van der Waals surface area contributed by atoms with Gasteiger partial charge in [-0.15, -0.1) is 11.6 Å². The van der Waals surface area contributed by atoms with Crippen LogP contribution in [0.2, 0.25) is 0 Å². The Labute approximate surface area is 237 Å². The summed E-state index contributed by atoms with van der Waals surface area (Å²) in [6.45, 7) is 7.76. The number of amides is 1. The number of likely N-dealkylation sites (tertiary alicyclic amines) is 3. The molecule has 4 aliphatic heterocycles. The zero-order chi connectivity index (χ0) is 27.4. The summed E-state index contributed by atoms with van der Waals surface area (Å²) in [4.78, 5) is 19.1. The van der Waals surface area contributed by atoms with E-state index < -0.39 is 18.4 Å². The molecule has 1 aliphatic carbocycles. The molecule has 0 radical (unpaired) electrons. The number of ether oxygens (including phenoxy) is 1. The highest BCUT2D eigenvalue weighted by molar-refractivity contribution is 6.21. The van der Waals surface area contributed by atoms with Crippen LogP contribution in [0.15, 0.2) is 0 Å². The van der Waals surface area contributed by atoms with Crippen LogP contribution >= 0.6 is 11.6 Å². The SMILES string of the molecule is O=C(CC1CCC(OCCCC2CCN(C3NCC(Cl)CN3)CC2)CC1F)N1CC(CN2C[C@@H](O)[C@H](O)C2)C1. The molecule has 5 aliphatic rings. The molecule has 5 fully saturated rings. The summed E-state index contributed by atoms with van der Waals surface area (Å²) in [5.41, 5.74) is 0. The van der Waals surface area contributed by atoms with Crippen molar-refractivity contribution in [3.05, 3.63) is 0 Å². The predicted molar refractivity (Wildman–Crippen MR) is 148 cm³/mol.